The third-order valence-electron chi connectivity index (χ3n) is 3.21. The van der Waals surface area contributed by atoms with Crippen molar-refractivity contribution in [2.75, 3.05) is 6.54 Å². The van der Waals surface area contributed by atoms with E-state index >= 15 is 0 Å². The van der Waals surface area contributed by atoms with Crippen LogP contribution in [0.5, 0.6) is 0 Å². The van der Waals surface area contributed by atoms with Crippen LogP contribution in [0.2, 0.25) is 5.02 Å². The van der Waals surface area contributed by atoms with Crippen molar-refractivity contribution in [2.45, 2.75) is 25.8 Å². The third kappa shape index (κ3) is 4.77. The van der Waals surface area contributed by atoms with E-state index in [1.807, 2.05) is 12.3 Å². The number of hydrogen-bond acceptors (Lipinski definition) is 2. The normalized spacial score (nSPS) is 12.4. The highest BCUT2D eigenvalue weighted by Gasteiger charge is 2.14. The summed E-state index contributed by atoms with van der Waals surface area (Å²) in [7, 11) is 0. The Hall–Kier alpha value is -0.970. The van der Waals surface area contributed by atoms with Crippen LogP contribution in [0.15, 0.2) is 41.1 Å². The lowest BCUT2D eigenvalue weighted by atomic mass is 10.00. The third-order valence-corrected chi connectivity index (χ3v) is 3.99. The molecule has 0 aliphatic rings. The minimum Gasteiger partial charge on any atom is -0.310 e. The molecule has 0 bridgehead atoms. The van der Waals surface area contributed by atoms with Crippen LogP contribution in [-0.4, -0.2) is 11.5 Å². The summed E-state index contributed by atoms with van der Waals surface area (Å²) in [5.41, 5.74) is 2.00. The van der Waals surface area contributed by atoms with Gasteiger partial charge >= 0.3 is 0 Å². The largest absolute Gasteiger partial charge is 0.310 e. The Labute approximate surface area is 137 Å². The zero-order valence-corrected chi connectivity index (χ0v) is 14.1. The molecule has 1 aromatic heterocycles. The van der Waals surface area contributed by atoms with Gasteiger partial charge in [-0.15, -0.1) is 0 Å². The summed E-state index contributed by atoms with van der Waals surface area (Å²) in [5, 5.41) is 3.95. The second-order valence-electron chi connectivity index (χ2n) is 4.88. The first-order chi connectivity index (χ1) is 10.1. The Bertz CT molecular complexity index is 607. The number of benzene rings is 1. The Morgan fingerprint density at radius 3 is 2.81 bits per heavy atom. The predicted molar refractivity (Wildman–Crippen MR) is 88.1 cm³/mol. The van der Waals surface area contributed by atoms with Gasteiger partial charge in [0.2, 0.25) is 0 Å². The number of halogens is 3. The molecule has 0 amide bonds. The highest BCUT2D eigenvalue weighted by atomic mass is 79.9. The highest BCUT2D eigenvalue weighted by molar-refractivity contribution is 9.10. The molecule has 0 spiro atoms. The molecule has 0 aliphatic carbocycles. The van der Waals surface area contributed by atoms with Crippen molar-refractivity contribution >= 4 is 27.5 Å². The molecule has 1 unspecified atom stereocenters. The number of aromatic nitrogens is 1. The Kier molecular flexibility index (Phi) is 6.15. The number of pyridine rings is 1. The average molecular weight is 372 g/mol. The highest BCUT2D eigenvalue weighted by Crippen LogP contribution is 2.25. The fourth-order valence-corrected chi connectivity index (χ4v) is 2.78. The Balaban J connectivity index is 2.23. The van der Waals surface area contributed by atoms with E-state index in [0.29, 0.717) is 11.4 Å². The van der Waals surface area contributed by atoms with Gasteiger partial charge in [0.05, 0.1) is 0 Å². The van der Waals surface area contributed by atoms with Crippen LogP contribution >= 0.6 is 27.5 Å². The molecule has 2 nitrogen and oxygen atoms in total. The molecule has 1 atom stereocenters. The maximum atomic E-state index is 13.1. The molecule has 112 valence electrons. The summed E-state index contributed by atoms with van der Waals surface area (Å²) in [4.78, 5) is 4.21. The van der Waals surface area contributed by atoms with Crippen molar-refractivity contribution in [3.63, 3.8) is 0 Å². The van der Waals surface area contributed by atoms with Crippen LogP contribution in [-0.2, 0) is 6.42 Å². The quantitative estimate of drug-likeness (QED) is 0.779. The van der Waals surface area contributed by atoms with Gasteiger partial charge in [0.1, 0.15) is 5.82 Å². The van der Waals surface area contributed by atoms with Gasteiger partial charge in [-0.25, -0.2) is 4.39 Å². The summed E-state index contributed by atoms with van der Waals surface area (Å²) < 4.78 is 14.1. The predicted octanol–water partition coefficient (Wildman–Crippen LogP) is 4.92. The number of rotatable bonds is 6. The fourth-order valence-electron chi connectivity index (χ4n) is 2.15. The first kappa shape index (κ1) is 16.4. The van der Waals surface area contributed by atoms with Crippen LogP contribution in [0.3, 0.4) is 0 Å². The minimum atomic E-state index is -0.314. The van der Waals surface area contributed by atoms with E-state index in [1.165, 1.54) is 12.1 Å². The molecule has 21 heavy (non-hydrogen) atoms. The van der Waals surface area contributed by atoms with Crippen molar-refractivity contribution in [2.24, 2.45) is 0 Å². The zero-order valence-electron chi connectivity index (χ0n) is 11.7. The molecule has 1 aromatic carbocycles. The smallest absolute Gasteiger partial charge is 0.124 e. The molecule has 0 aliphatic heterocycles. The van der Waals surface area contributed by atoms with Gasteiger partial charge in [-0.3, -0.25) is 4.98 Å². The monoisotopic (exact) mass is 370 g/mol. The standard InChI is InChI=1S/C16H17BrClFN2/c1-2-5-21-16(12-6-13(17)10-20-9-12)7-11-3-4-14(19)8-15(11)18/h3-4,6,8-10,16,21H,2,5,7H2,1H3. The topological polar surface area (TPSA) is 24.9 Å². The summed E-state index contributed by atoms with van der Waals surface area (Å²) in [6, 6.07) is 6.67. The molecule has 2 aromatic rings. The molecule has 0 saturated carbocycles. The van der Waals surface area contributed by atoms with E-state index in [-0.39, 0.29) is 11.9 Å². The lowest BCUT2D eigenvalue weighted by Crippen LogP contribution is -2.24. The molecular weight excluding hydrogens is 355 g/mol. The van der Waals surface area contributed by atoms with E-state index < -0.39 is 0 Å². The second kappa shape index (κ2) is 7.87. The first-order valence-corrected chi connectivity index (χ1v) is 8.05. The van der Waals surface area contributed by atoms with Crippen LogP contribution in [0.1, 0.15) is 30.5 Å². The summed E-state index contributed by atoms with van der Waals surface area (Å²) in [6.45, 7) is 3.02. The molecule has 1 heterocycles. The summed E-state index contributed by atoms with van der Waals surface area (Å²) in [6.07, 6.45) is 5.33. The van der Waals surface area contributed by atoms with Crippen LogP contribution in [0.25, 0.3) is 0 Å². The van der Waals surface area contributed by atoms with Crippen molar-refractivity contribution in [1.29, 1.82) is 0 Å². The lowest BCUT2D eigenvalue weighted by molar-refractivity contribution is 0.527. The number of nitrogens with zero attached hydrogens (tertiary/aromatic N) is 1. The van der Waals surface area contributed by atoms with Crippen molar-refractivity contribution in [3.05, 3.63) is 63.1 Å². The van der Waals surface area contributed by atoms with E-state index in [2.05, 4.69) is 33.2 Å². The molecule has 1 N–H and O–H groups in total. The first-order valence-electron chi connectivity index (χ1n) is 6.88. The molecule has 2 rings (SSSR count). The van der Waals surface area contributed by atoms with Crippen LogP contribution < -0.4 is 5.32 Å². The van der Waals surface area contributed by atoms with Gasteiger partial charge in [0.25, 0.3) is 0 Å². The maximum absolute atomic E-state index is 13.1. The number of hydrogen-bond donors (Lipinski definition) is 1. The van der Waals surface area contributed by atoms with Gasteiger partial charge in [0.15, 0.2) is 0 Å². The van der Waals surface area contributed by atoms with Gasteiger partial charge in [-0.2, -0.15) is 0 Å². The zero-order chi connectivity index (χ0) is 15.2. The molecule has 0 saturated heterocycles. The minimum absolute atomic E-state index is 0.0953. The van der Waals surface area contributed by atoms with Gasteiger partial charge < -0.3 is 5.32 Å². The second-order valence-corrected chi connectivity index (χ2v) is 6.21. The van der Waals surface area contributed by atoms with Gasteiger partial charge in [-0.05, 0) is 64.6 Å². The lowest BCUT2D eigenvalue weighted by Gasteiger charge is -2.19. The van der Waals surface area contributed by atoms with E-state index in [0.717, 1.165) is 28.6 Å². The molecule has 5 heteroatoms. The fraction of sp³-hybridized carbons (Fsp3) is 0.312. The van der Waals surface area contributed by atoms with Crippen molar-refractivity contribution in [1.82, 2.24) is 10.3 Å². The van der Waals surface area contributed by atoms with Crippen molar-refractivity contribution < 1.29 is 4.39 Å². The Morgan fingerprint density at radius 2 is 2.14 bits per heavy atom. The number of nitrogens with one attached hydrogen (secondary N) is 1. The van der Waals surface area contributed by atoms with E-state index in [4.69, 9.17) is 11.6 Å². The Morgan fingerprint density at radius 1 is 1.33 bits per heavy atom. The van der Waals surface area contributed by atoms with Crippen LogP contribution in [0, 0.1) is 5.82 Å². The van der Waals surface area contributed by atoms with Crippen molar-refractivity contribution in [3.8, 4) is 0 Å². The van der Waals surface area contributed by atoms with Gasteiger partial charge in [0, 0.05) is 27.9 Å². The van der Waals surface area contributed by atoms with Gasteiger partial charge in [-0.1, -0.05) is 24.6 Å². The van der Waals surface area contributed by atoms with E-state index in [1.54, 1.807) is 12.3 Å². The maximum Gasteiger partial charge on any atom is 0.124 e. The van der Waals surface area contributed by atoms with Crippen LogP contribution in [0.4, 0.5) is 4.39 Å². The molecule has 0 radical (unpaired) electrons. The SMILES string of the molecule is CCCNC(Cc1ccc(F)cc1Cl)c1cncc(Br)c1. The summed E-state index contributed by atoms with van der Waals surface area (Å²) >= 11 is 9.58. The molecular formula is C16H17BrClFN2. The average Bonchev–Trinajstić information content (AvgIpc) is 2.45. The summed E-state index contributed by atoms with van der Waals surface area (Å²) in [5.74, 6) is -0.314. The van der Waals surface area contributed by atoms with E-state index in [9.17, 15) is 4.39 Å². The molecule has 0 fully saturated rings.